The summed E-state index contributed by atoms with van der Waals surface area (Å²) in [5.41, 5.74) is 1.05. The van der Waals surface area contributed by atoms with E-state index in [0.717, 1.165) is 18.7 Å². The van der Waals surface area contributed by atoms with Crippen LogP contribution in [0.1, 0.15) is 18.1 Å². The number of aromatic nitrogens is 4. The second-order valence-electron chi connectivity index (χ2n) is 4.29. The van der Waals surface area contributed by atoms with Crippen LogP contribution in [0.15, 0.2) is 23.4 Å². The molecule has 0 aliphatic rings. The minimum atomic E-state index is -0.406. The van der Waals surface area contributed by atoms with E-state index in [-0.39, 0.29) is 0 Å². The summed E-state index contributed by atoms with van der Waals surface area (Å²) in [7, 11) is 0. The fourth-order valence-electron chi connectivity index (χ4n) is 1.75. The lowest BCUT2D eigenvalue weighted by atomic mass is 10.1. The van der Waals surface area contributed by atoms with Gasteiger partial charge >= 0.3 is 0 Å². The molecule has 0 aliphatic carbocycles. The highest BCUT2D eigenvalue weighted by molar-refractivity contribution is 7.98. The number of hydrogen-bond acceptors (Lipinski definition) is 6. The van der Waals surface area contributed by atoms with Gasteiger partial charge in [-0.05, 0) is 40.7 Å². The van der Waals surface area contributed by atoms with E-state index in [1.807, 2.05) is 13.0 Å². The second-order valence-corrected chi connectivity index (χ2v) is 5.23. The fraction of sp³-hybridized carbons (Fsp3) is 0.385. The van der Waals surface area contributed by atoms with Crippen molar-refractivity contribution in [3.63, 3.8) is 0 Å². The minimum Gasteiger partial charge on any atom is -0.315 e. The van der Waals surface area contributed by atoms with Crippen molar-refractivity contribution < 1.29 is 4.39 Å². The van der Waals surface area contributed by atoms with E-state index in [9.17, 15) is 4.39 Å². The van der Waals surface area contributed by atoms with E-state index in [1.165, 1.54) is 23.9 Å². The lowest BCUT2D eigenvalue weighted by Gasteiger charge is -2.05. The van der Waals surface area contributed by atoms with Crippen LogP contribution in [0.3, 0.4) is 0 Å². The van der Waals surface area contributed by atoms with Gasteiger partial charge in [-0.2, -0.15) is 5.26 Å². The van der Waals surface area contributed by atoms with E-state index in [2.05, 4.69) is 20.8 Å². The maximum Gasteiger partial charge on any atom is 0.209 e. The van der Waals surface area contributed by atoms with Crippen LogP contribution >= 0.6 is 11.8 Å². The lowest BCUT2D eigenvalue weighted by Crippen LogP contribution is -2.20. The summed E-state index contributed by atoms with van der Waals surface area (Å²) in [4.78, 5) is 0. The van der Waals surface area contributed by atoms with Crippen LogP contribution in [0.25, 0.3) is 0 Å². The number of benzene rings is 1. The van der Waals surface area contributed by atoms with Gasteiger partial charge in [-0.15, -0.1) is 5.10 Å². The molecule has 8 heteroatoms. The number of likely N-dealkylation sites (N-methyl/N-ethyl adjacent to an activating group) is 1. The summed E-state index contributed by atoms with van der Waals surface area (Å²) in [6, 6.07) is 6.25. The zero-order valence-corrected chi connectivity index (χ0v) is 12.4. The van der Waals surface area contributed by atoms with Crippen LogP contribution in [0.2, 0.25) is 0 Å². The van der Waals surface area contributed by atoms with Gasteiger partial charge in [-0.25, -0.2) is 9.07 Å². The van der Waals surface area contributed by atoms with Crippen LogP contribution in [0.4, 0.5) is 4.39 Å². The minimum absolute atomic E-state index is 0.317. The first kappa shape index (κ1) is 15.4. The van der Waals surface area contributed by atoms with Crippen molar-refractivity contribution in [1.29, 1.82) is 5.26 Å². The highest BCUT2D eigenvalue weighted by Crippen LogP contribution is 2.21. The lowest BCUT2D eigenvalue weighted by molar-refractivity contribution is 0.517. The SMILES string of the molecule is CCNCCn1nnnc1SCc1cc(F)cc(C#N)c1. The highest BCUT2D eigenvalue weighted by Gasteiger charge is 2.08. The average Bonchev–Trinajstić information content (AvgIpc) is 2.92. The third-order valence-corrected chi connectivity index (χ3v) is 3.73. The van der Waals surface area contributed by atoms with Crippen LogP contribution in [0, 0.1) is 17.1 Å². The van der Waals surface area contributed by atoms with Crippen molar-refractivity contribution in [2.45, 2.75) is 24.4 Å². The molecule has 0 atom stereocenters. The van der Waals surface area contributed by atoms with Crippen LogP contribution in [-0.2, 0) is 12.3 Å². The van der Waals surface area contributed by atoms with Crippen molar-refractivity contribution >= 4 is 11.8 Å². The van der Waals surface area contributed by atoms with E-state index < -0.39 is 5.82 Å². The Balaban J connectivity index is 1.99. The number of hydrogen-bond donors (Lipinski definition) is 1. The highest BCUT2D eigenvalue weighted by atomic mass is 32.2. The molecule has 0 amide bonds. The summed E-state index contributed by atoms with van der Waals surface area (Å²) in [6.45, 7) is 4.39. The molecule has 2 aromatic rings. The number of nitrogens with zero attached hydrogens (tertiary/aromatic N) is 5. The molecule has 1 N–H and O–H groups in total. The van der Waals surface area contributed by atoms with Gasteiger partial charge in [-0.1, -0.05) is 18.7 Å². The monoisotopic (exact) mass is 306 g/mol. The van der Waals surface area contributed by atoms with Crippen molar-refractivity contribution in [3.8, 4) is 6.07 Å². The number of nitriles is 1. The molecule has 1 aromatic carbocycles. The second kappa shape index (κ2) is 7.71. The summed E-state index contributed by atoms with van der Waals surface area (Å²) in [5, 5.41) is 24.2. The van der Waals surface area contributed by atoms with E-state index in [1.54, 1.807) is 10.7 Å². The first-order valence-corrected chi connectivity index (χ1v) is 7.50. The number of rotatable bonds is 7. The molecule has 0 saturated carbocycles. The molecule has 0 fully saturated rings. The Kier molecular flexibility index (Phi) is 5.66. The summed E-state index contributed by atoms with van der Waals surface area (Å²) < 4.78 is 15.1. The van der Waals surface area contributed by atoms with E-state index >= 15 is 0 Å². The molecule has 2 rings (SSSR count). The average molecular weight is 306 g/mol. The zero-order valence-electron chi connectivity index (χ0n) is 11.6. The fourth-order valence-corrected chi connectivity index (χ4v) is 2.58. The maximum absolute atomic E-state index is 13.4. The standard InChI is InChI=1S/C13H15FN6S/c1-2-16-3-4-20-13(17-18-19-20)21-9-11-5-10(8-15)6-12(14)7-11/h5-7,16H,2-4,9H2,1H3. The van der Waals surface area contributed by atoms with Gasteiger partial charge in [0.15, 0.2) is 0 Å². The molecule has 0 aliphatic heterocycles. The van der Waals surface area contributed by atoms with Crippen LogP contribution < -0.4 is 5.32 Å². The molecule has 1 heterocycles. The predicted molar refractivity (Wildman–Crippen MR) is 77.0 cm³/mol. The largest absolute Gasteiger partial charge is 0.315 e. The van der Waals surface area contributed by atoms with E-state index in [4.69, 9.17) is 5.26 Å². The molecule has 0 spiro atoms. The first-order chi connectivity index (χ1) is 10.2. The molecule has 0 radical (unpaired) electrons. The van der Waals surface area contributed by atoms with Gasteiger partial charge in [0.2, 0.25) is 5.16 Å². The smallest absolute Gasteiger partial charge is 0.209 e. The molecular weight excluding hydrogens is 291 g/mol. The Morgan fingerprint density at radius 3 is 3.05 bits per heavy atom. The molecule has 110 valence electrons. The molecule has 1 aromatic heterocycles. The maximum atomic E-state index is 13.4. The van der Waals surface area contributed by atoms with Crippen molar-refractivity contribution in [2.75, 3.05) is 13.1 Å². The van der Waals surface area contributed by atoms with Crippen LogP contribution in [-0.4, -0.2) is 33.3 Å². The normalized spacial score (nSPS) is 10.5. The van der Waals surface area contributed by atoms with Gasteiger partial charge in [0, 0.05) is 12.3 Å². The van der Waals surface area contributed by atoms with E-state index in [0.29, 0.717) is 23.0 Å². The first-order valence-electron chi connectivity index (χ1n) is 6.52. The molecule has 0 saturated heterocycles. The molecule has 6 nitrogen and oxygen atoms in total. The number of nitrogens with one attached hydrogen (secondary N) is 1. The number of thioether (sulfide) groups is 1. The number of halogens is 1. The van der Waals surface area contributed by atoms with Gasteiger partial charge in [0.1, 0.15) is 5.82 Å². The van der Waals surface area contributed by atoms with Crippen LogP contribution in [0.5, 0.6) is 0 Å². The van der Waals surface area contributed by atoms with Crippen molar-refractivity contribution in [1.82, 2.24) is 25.5 Å². The van der Waals surface area contributed by atoms with Gasteiger partial charge in [0.05, 0.1) is 18.2 Å². The predicted octanol–water partition coefficient (Wildman–Crippen LogP) is 1.59. The summed E-state index contributed by atoms with van der Waals surface area (Å²) in [5.74, 6) is 0.102. The molecular formula is C13H15FN6S. The topological polar surface area (TPSA) is 79.4 Å². The molecule has 21 heavy (non-hydrogen) atoms. The molecule has 0 bridgehead atoms. The Bertz CT molecular complexity index is 636. The third kappa shape index (κ3) is 4.51. The molecule has 0 unspecified atom stereocenters. The Hall–Kier alpha value is -1.98. The van der Waals surface area contributed by atoms with Gasteiger partial charge in [-0.3, -0.25) is 0 Å². The Labute approximate surface area is 126 Å². The summed E-state index contributed by atoms with van der Waals surface area (Å²) >= 11 is 1.42. The van der Waals surface area contributed by atoms with Crippen molar-refractivity contribution in [3.05, 3.63) is 35.1 Å². The van der Waals surface area contributed by atoms with Crippen molar-refractivity contribution in [2.24, 2.45) is 0 Å². The number of tetrazole rings is 1. The van der Waals surface area contributed by atoms with Gasteiger partial charge in [0.25, 0.3) is 0 Å². The zero-order chi connectivity index (χ0) is 15.1. The Morgan fingerprint density at radius 2 is 2.29 bits per heavy atom. The quantitative estimate of drug-likeness (QED) is 0.618. The summed E-state index contributed by atoms with van der Waals surface area (Å²) in [6.07, 6.45) is 0. The Morgan fingerprint density at radius 1 is 1.43 bits per heavy atom. The third-order valence-electron chi connectivity index (χ3n) is 2.70. The van der Waals surface area contributed by atoms with Gasteiger partial charge < -0.3 is 5.32 Å².